The molecule has 4 rings (SSSR count). The fourth-order valence-electron chi connectivity index (χ4n) is 2.84. The molecule has 0 radical (unpaired) electrons. The number of hydrogen-bond donors (Lipinski definition) is 1. The van der Waals surface area contributed by atoms with E-state index in [1.807, 2.05) is 67.6 Å². The summed E-state index contributed by atoms with van der Waals surface area (Å²) in [6.07, 6.45) is 4.99. The first-order valence-corrected chi connectivity index (χ1v) is 9.25. The first kappa shape index (κ1) is 18.4. The Labute approximate surface area is 168 Å². The number of benzene rings is 2. The van der Waals surface area contributed by atoms with Gasteiger partial charge < -0.3 is 10.1 Å². The third-order valence-corrected chi connectivity index (χ3v) is 4.26. The summed E-state index contributed by atoms with van der Waals surface area (Å²) in [5.41, 5.74) is 3.43. The van der Waals surface area contributed by atoms with Crippen LogP contribution in [-0.2, 0) is 11.4 Å². The highest BCUT2D eigenvalue weighted by molar-refractivity contribution is 6.01. The Morgan fingerprint density at radius 1 is 1.07 bits per heavy atom. The minimum atomic E-state index is -0.217. The van der Waals surface area contributed by atoms with Gasteiger partial charge in [-0.2, -0.15) is 5.10 Å². The number of rotatable bonds is 6. The van der Waals surface area contributed by atoms with E-state index in [-0.39, 0.29) is 5.91 Å². The summed E-state index contributed by atoms with van der Waals surface area (Å²) >= 11 is 0. The molecule has 2 aromatic heterocycles. The molecule has 6 heteroatoms. The number of aryl methyl sites for hydroxylation is 1. The Morgan fingerprint density at radius 2 is 1.86 bits per heavy atom. The van der Waals surface area contributed by atoms with E-state index in [1.54, 1.807) is 22.9 Å². The lowest BCUT2D eigenvalue weighted by Gasteiger charge is -2.06. The van der Waals surface area contributed by atoms with Crippen molar-refractivity contribution in [2.45, 2.75) is 13.5 Å². The largest absolute Gasteiger partial charge is 0.489 e. The summed E-state index contributed by atoms with van der Waals surface area (Å²) in [5, 5.41) is 7.07. The van der Waals surface area contributed by atoms with E-state index in [0.29, 0.717) is 18.1 Å². The number of carbonyl (C=O) groups is 1. The van der Waals surface area contributed by atoms with Gasteiger partial charge in [-0.3, -0.25) is 4.79 Å². The Bertz CT molecular complexity index is 1150. The zero-order valence-corrected chi connectivity index (χ0v) is 15.9. The molecule has 0 spiro atoms. The molecule has 1 N–H and O–H groups in total. The van der Waals surface area contributed by atoms with Crippen LogP contribution in [0.5, 0.6) is 5.75 Å². The molecule has 6 nitrogen and oxygen atoms in total. The zero-order chi connectivity index (χ0) is 20.1. The molecule has 2 aromatic carbocycles. The van der Waals surface area contributed by atoms with Crippen molar-refractivity contribution < 1.29 is 9.53 Å². The van der Waals surface area contributed by atoms with Gasteiger partial charge in [0.15, 0.2) is 5.65 Å². The van der Waals surface area contributed by atoms with Crippen molar-refractivity contribution in [1.29, 1.82) is 0 Å². The molecule has 0 aliphatic heterocycles. The standard InChI is InChI=1S/C23H20N4O2/c1-17-24-22-13-10-20(15-27(22)26-17)25-23(28)14-9-18-7-11-21(12-8-18)29-16-19-5-3-2-4-6-19/h2-15H,16H2,1H3,(H,25,28)/b14-9+. The van der Waals surface area contributed by atoms with E-state index in [1.165, 1.54) is 6.08 Å². The molecule has 144 valence electrons. The second-order valence-corrected chi connectivity index (χ2v) is 6.55. The van der Waals surface area contributed by atoms with Crippen LogP contribution in [0.25, 0.3) is 11.7 Å². The van der Waals surface area contributed by atoms with Crippen molar-refractivity contribution in [3.63, 3.8) is 0 Å². The highest BCUT2D eigenvalue weighted by Gasteiger charge is 2.03. The minimum absolute atomic E-state index is 0.217. The van der Waals surface area contributed by atoms with Gasteiger partial charge in [-0.1, -0.05) is 42.5 Å². The number of fused-ring (bicyclic) bond motifs is 1. The van der Waals surface area contributed by atoms with Gasteiger partial charge in [0.1, 0.15) is 18.2 Å². The van der Waals surface area contributed by atoms with Crippen molar-refractivity contribution in [2.24, 2.45) is 0 Å². The smallest absolute Gasteiger partial charge is 0.248 e. The Morgan fingerprint density at radius 3 is 2.66 bits per heavy atom. The SMILES string of the molecule is Cc1nc2ccc(NC(=O)/C=C/c3ccc(OCc4ccccc4)cc3)cn2n1. The monoisotopic (exact) mass is 384 g/mol. The lowest BCUT2D eigenvalue weighted by atomic mass is 10.2. The first-order valence-electron chi connectivity index (χ1n) is 9.25. The molecule has 0 unspecified atom stereocenters. The van der Waals surface area contributed by atoms with Gasteiger partial charge in [-0.15, -0.1) is 0 Å². The van der Waals surface area contributed by atoms with Crippen molar-refractivity contribution >= 4 is 23.3 Å². The molecule has 0 aliphatic rings. The summed E-state index contributed by atoms with van der Waals surface area (Å²) in [4.78, 5) is 16.4. The molecule has 0 aliphatic carbocycles. The molecule has 29 heavy (non-hydrogen) atoms. The van der Waals surface area contributed by atoms with Crippen LogP contribution < -0.4 is 10.1 Å². The number of nitrogens with one attached hydrogen (secondary N) is 1. The summed E-state index contributed by atoms with van der Waals surface area (Å²) in [6.45, 7) is 2.35. The average Bonchev–Trinajstić information content (AvgIpc) is 3.11. The van der Waals surface area contributed by atoms with Crippen LogP contribution in [0.4, 0.5) is 5.69 Å². The number of ether oxygens (including phenoxy) is 1. The number of anilines is 1. The molecule has 0 fully saturated rings. The van der Waals surface area contributed by atoms with Crippen LogP contribution in [0.15, 0.2) is 79.0 Å². The van der Waals surface area contributed by atoms with Crippen LogP contribution in [0, 0.1) is 6.92 Å². The lowest BCUT2D eigenvalue weighted by Crippen LogP contribution is -2.08. The molecule has 0 atom stereocenters. The normalized spacial score (nSPS) is 11.1. The van der Waals surface area contributed by atoms with Gasteiger partial charge in [0.25, 0.3) is 0 Å². The maximum Gasteiger partial charge on any atom is 0.248 e. The highest BCUT2D eigenvalue weighted by atomic mass is 16.5. The lowest BCUT2D eigenvalue weighted by molar-refractivity contribution is -0.111. The molecule has 0 saturated carbocycles. The van der Waals surface area contributed by atoms with E-state index >= 15 is 0 Å². The number of nitrogens with zero attached hydrogens (tertiary/aromatic N) is 3. The van der Waals surface area contributed by atoms with Gasteiger partial charge in [0.2, 0.25) is 5.91 Å². The summed E-state index contributed by atoms with van der Waals surface area (Å²) in [5.74, 6) is 1.25. The number of carbonyl (C=O) groups excluding carboxylic acids is 1. The van der Waals surface area contributed by atoms with Crippen molar-refractivity contribution in [1.82, 2.24) is 14.6 Å². The summed E-state index contributed by atoms with van der Waals surface area (Å²) in [7, 11) is 0. The summed E-state index contributed by atoms with van der Waals surface area (Å²) in [6, 6.07) is 21.2. The summed E-state index contributed by atoms with van der Waals surface area (Å²) < 4.78 is 7.41. The molecule has 2 heterocycles. The third-order valence-electron chi connectivity index (χ3n) is 4.26. The molecule has 0 bridgehead atoms. The predicted molar refractivity (Wildman–Crippen MR) is 113 cm³/mol. The second-order valence-electron chi connectivity index (χ2n) is 6.55. The van der Waals surface area contributed by atoms with Crippen LogP contribution in [0.2, 0.25) is 0 Å². The Kier molecular flexibility index (Phi) is 5.33. The van der Waals surface area contributed by atoms with E-state index in [2.05, 4.69) is 15.4 Å². The first-order chi connectivity index (χ1) is 14.2. The van der Waals surface area contributed by atoms with Crippen molar-refractivity contribution in [2.75, 3.05) is 5.32 Å². The Balaban J connectivity index is 1.33. The molecule has 0 saturated heterocycles. The van der Waals surface area contributed by atoms with Crippen molar-refractivity contribution in [3.8, 4) is 5.75 Å². The zero-order valence-electron chi connectivity index (χ0n) is 15.9. The molecule has 4 aromatic rings. The average molecular weight is 384 g/mol. The van der Waals surface area contributed by atoms with Gasteiger partial charge in [0, 0.05) is 6.08 Å². The van der Waals surface area contributed by atoms with Gasteiger partial charge in [0.05, 0.1) is 11.9 Å². The fourth-order valence-corrected chi connectivity index (χ4v) is 2.84. The van der Waals surface area contributed by atoms with Crippen LogP contribution >= 0.6 is 0 Å². The van der Waals surface area contributed by atoms with Crippen LogP contribution in [0.1, 0.15) is 17.0 Å². The fraction of sp³-hybridized carbons (Fsp3) is 0.0870. The van der Waals surface area contributed by atoms with Crippen LogP contribution in [0.3, 0.4) is 0 Å². The molecular formula is C23H20N4O2. The van der Waals surface area contributed by atoms with Crippen molar-refractivity contribution in [3.05, 3.63) is 96.0 Å². The van der Waals surface area contributed by atoms with E-state index in [9.17, 15) is 4.79 Å². The highest BCUT2D eigenvalue weighted by Crippen LogP contribution is 2.15. The number of pyridine rings is 1. The van der Waals surface area contributed by atoms with E-state index in [0.717, 1.165) is 22.5 Å². The topological polar surface area (TPSA) is 68.5 Å². The second kappa shape index (κ2) is 8.39. The number of aromatic nitrogens is 3. The van der Waals surface area contributed by atoms with Gasteiger partial charge in [-0.25, -0.2) is 9.50 Å². The number of amides is 1. The maximum absolute atomic E-state index is 12.2. The van der Waals surface area contributed by atoms with Gasteiger partial charge in [-0.05, 0) is 48.4 Å². The minimum Gasteiger partial charge on any atom is -0.489 e. The van der Waals surface area contributed by atoms with E-state index in [4.69, 9.17) is 4.74 Å². The third kappa shape index (κ3) is 4.87. The molecular weight excluding hydrogens is 364 g/mol. The predicted octanol–water partition coefficient (Wildman–Crippen LogP) is 4.27. The maximum atomic E-state index is 12.2. The Hall–Kier alpha value is -3.93. The quantitative estimate of drug-likeness (QED) is 0.504. The van der Waals surface area contributed by atoms with E-state index < -0.39 is 0 Å². The molecule has 1 amide bonds. The number of hydrogen-bond acceptors (Lipinski definition) is 4. The van der Waals surface area contributed by atoms with Gasteiger partial charge >= 0.3 is 0 Å². The van der Waals surface area contributed by atoms with Crippen LogP contribution in [-0.4, -0.2) is 20.5 Å².